The lowest BCUT2D eigenvalue weighted by molar-refractivity contribution is 0.249. The predicted octanol–water partition coefficient (Wildman–Crippen LogP) is 4.41. The van der Waals surface area contributed by atoms with E-state index in [1.165, 1.54) is 31.2 Å². The average molecular weight is 282 g/mol. The maximum absolute atomic E-state index is 6.27. The minimum absolute atomic E-state index is 0.715. The van der Waals surface area contributed by atoms with Gasteiger partial charge in [-0.25, -0.2) is 0 Å². The van der Waals surface area contributed by atoms with Gasteiger partial charge in [0, 0.05) is 12.1 Å². The fraction of sp³-hybridized carbons (Fsp3) is 0.625. The molecule has 0 atom stereocenters. The molecule has 0 spiro atoms. The third-order valence-electron chi connectivity index (χ3n) is 3.73. The minimum atomic E-state index is 0.715. The molecule has 1 N–H and O–H groups in total. The van der Waals surface area contributed by atoms with Crippen LogP contribution in [0, 0.1) is 5.92 Å². The Morgan fingerprint density at radius 1 is 1.32 bits per heavy atom. The molecule has 106 valence electrons. The zero-order valence-corrected chi connectivity index (χ0v) is 12.5. The summed E-state index contributed by atoms with van der Waals surface area (Å²) in [5.41, 5.74) is 1.17. The summed E-state index contributed by atoms with van der Waals surface area (Å²) >= 11 is 6.27. The van der Waals surface area contributed by atoms with Crippen molar-refractivity contribution >= 4 is 11.6 Å². The summed E-state index contributed by atoms with van der Waals surface area (Å²) in [6, 6.07) is 6.00. The second-order valence-corrected chi connectivity index (χ2v) is 5.77. The van der Waals surface area contributed by atoms with E-state index in [0.717, 1.165) is 36.9 Å². The van der Waals surface area contributed by atoms with Gasteiger partial charge in [0.15, 0.2) is 0 Å². The number of rotatable bonds is 7. The van der Waals surface area contributed by atoms with Crippen LogP contribution in [0.2, 0.25) is 5.02 Å². The van der Waals surface area contributed by atoms with E-state index in [2.05, 4.69) is 18.3 Å². The number of benzene rings is 1. The molecule has 0 amide bonds. The van der Waals surface area contributed by atoms with Crippen LogP contribution in [0.1, 0.15) is 44.6 Å². The van der Waals surface area contributed by atoms with Crippen LogP contribution in [0.15, 0.2) is 18.2 Å². The first-order valence-corrected chi connectivity index (χ1v) is 7.80. The summed E-state index contributed by atoms with van der Waals surface area (Å²) < 4.78 is 6.01. The van der Waals surface area contributed by atoms with Crippen molar-refractivity contribution in [3.05, 3.63) is 28.8 Å². The maximum atomic E-state index is 6.27. The van der Waals surface area contributed by atoms with Crippen LogP contribution in [-0.4, -0.2) is 13.2 Å². The van der Waals surface area contributed by atoms with Crippen molar-refractivity contribution in [1.29, 1.82) is 0 Å². The first-order valence-electron chi connectivity index (χ1n) is 7.42. The lowest BCUT2D eigenvalue weighted by atomic mass is 10.1. The van der Waals surface area contributed by atoms with Gasteiger partial charge in [-0.15, -0.1) is 0 Å². The second kappa shape index (κ2) is 7.76. The van der Waals surface area contributed by atoms with E-state index < -0.39 is 0 Å². The van der Waals surface area contributed by atoms with Gasteiger partial charge in [-0.05, 0) is 37.8 Å². The van der Waals surface area contributed by atoms with Gasteiger partial charge >= 0.3 is 0 Å². The molecule has 19 heavy (non-hydrogen) atoms. The SMILES string of the molecule is CCCNCc1cccc(Cl)c1OCC1CCCC1. The fourth-order valence-corrected chi connectivity index (χ4v) is 2.88. The number of ether oxygens (including phenoxy) is 1. The third kappa shape index (κ3) is 4.39. The average Bonchev–Trinajstić information content (AvgIpc) is 2.91. The molecule has 0 aliphatic heterocycles. The van der Waals surface area contributed by atoms with Gasteiger partial charge in [-0.3, -0.25) is 0 Å². The molecular weight excluding hydrogens is 258 g/mol. The summed E-state index contributed by atoms with van der Waals surface area (Å²) in [7, 11) is 0. The Morgan fingerprint density at radius 2 is 2.11 bits per heavy atom. The van der Waals surface area contributed by atoms with Gasteiger partial charge in [-0.2, -0.15) is 0 Å². The van der Waals surface area contributed by atoms with Gasteiger partial charge < -0.3 is 10.1 Å². The summed E-state index contributed by atoms with van der Waals surface area (Å²) in [4.78, 5) is 0. The topological polar surface area (TPSA) is 21.3 Å². The molecule has 0 bridgehead atoms. The Labute approximate surface area is 121 Å². The van der Waals surface area contributed by atoms with Crippen LogP contribution < -0.4 is 10.1 Å². The first-order chi connectivity index (χ1) is 9.31. The molecule has 0 heterocycles. The number of hydrogen-bond acceptors (Lipinski definition) is 2. The van der Waals surface area contributed by atoms with E-state index >= 15 is 0 Å². The van der Waals surface area contributed by atoms with Crippen molar-refractivity contribution in [2.75, 3.05) is 13.2 Å². The number of nitrogens with one attached hydrogen (secondary N) is 1. The first kappa shape index (κ1) is 14.7. The quantitative estimate of drug-likeness (QED) is 0.748. The Morgan fingerprint density at radius 3 is 2.84 bits per heavy atom. The predicted molar refractivity (Wildman–Crippen MR) is 80.9 cm³/mol. The van der Waals surface area contributed by atoms with Crippen molar-refractivity contribution in [3.8, 4) is 5.75 Å². The molecule has 1 fully saturated rings. The molecule has 1 aromatic rings. The molecular formula is C16H24ClNO. The molecule has 0 saturated heterocycles. The summed E-state index contributed by atoms with van der Waals surface area (Å²) in [5.74, 6) is 1.59. The normalized spacial score (nSPS) is 15.9. The standard InChI is InChI=1S/C16H24ClNO/c1-2-10-18-11-14-8-5-9-15(17)16(14)19-12-13-6-3-4-7-13/h5,8-9,13,18H,2-4,6-7,10-12H2,1H3. The Bertz CT molecular complexity index is 388. The van der Waals surface area contributed by atoms with Gasteiger partial charge in [-0.1, -0.05) is 43.5 Å². The Balaban J connectivity index is 1.95. The molecule has 1 aromatic carbocycles. The molecule has 2 nitrogen and oxygen atoms in total. The van der Waals surface area contributed by atoms with E-state index in [4.69, 9.17) is 16.3 Å². The van der Waals surface area contributed by atoms with Crippen LogP contribution in [0.5, 0.6) is 5.75 Å². The molecule has 3 heteroatoms. The number of hydrogen-bond donors (Lipinski definition) is 1. The highest BCUT2D eigenvalue weighted by Crippen LogP contribution is 2.31. The molecule has 0 aromatic heterocycles. The van der Waals surface area contributed by atoms with Gasteiger partial charge in [0.1, 0.15) is 5.75 Å². The lowest BCUT2D eigenvalue weighted by Gasteiger charge is -2.16. The van der Waals surface area contributed by atoms with E-state index in [-0.39, 0.29) is 0 Å². The van der Waals surface area contributed by atoms with Crippen molar-refractivity contribution < 1.29 is 4.74 Å². The van der Waals surface area contributed by atoms with Crippen molar-refractivity contribution in [2.45, 2.75) is 45.6 Å². The van der Waals surface area contributed by atoms with Crippen molar-refractivity contribution in [1.82, 2.24) is 5.32 Å². The summed E-state index contributed by atoms with van der Waals surface area (Å²) in [6.07, 6.45) is 6.43. The Kier molecular flexibility index (Phi) is 5.99. The largest absolute Gasteiger partial charge is 0.491 e. The number of halogens is 1. The third-order valence-corrected chi connectivity index (χ3v) is 4.03. The zero-order chi connectivity index (χ0) is 13.5. The van der Waals surface area contributed by atoms with Gasteiger partial charge in [0.25, 0.3) is 0 Å². The number of para-hydroxylation sites is 1. The monoisotopic (exact) mass is 281 g/mol. The molecule has 1 saturated carbocycles. The molecule has 0 unspecified atom stereocenters. The summed E-state index contributed by atoms with van der Waals surface area (Å²) in [6.45, 7) is 4.83. The van der Waals surface area contributed by atoms with Crippen LogP contribution in [0.3, 0.4) is 0 Å². The molecule has 1 aliphatic rings. The van der Waals surface area contributed by atoms with Crippen LogP contribution in [-0.2, 0) is 6.54 Å². The highest BCUT2D eigenvalue weighted by molar-refractivity contribution is 6.32. The molecule has 2 rings (SSSR count). The minimum Gasteiger partial charge on any atom is -0.491 e. The van der Waals surface area contributed by atoms with E-state index in [1.54, 1.807) is 0 Å². The highest BCUT2D eigenvalue weighted by Gasteiger charge is 2.17. The zero-order valence-electron chi connectivity index (χ0n) is 11.8. The second-order valence-electron chi connectivity index (χ2n) is 5.37. The maximum Gasteiger partial charge on any atom is 0.142 e. The summed E-state index contributed by atoms with van der Waals surface area (Å²) in [5, 5.41) is 4.14. The molecule has 0 radical (unpaired) electrons. The van der Waals surface area contributed by atoms with E-state index in [0.29, 0.717) is 5.92 Å². The van der Waals surface area contributed by atoms with Crippen molar-refractivity contribution in [3.63, 3.8) is 0 Å². The van der Waals surface area contributed by atoms with Crippen LogP contribution in [0.4, 0.5) is 0 Å². The van der Waals surface area contributed by atoms with Crippen LogP contribution in [0.25, 0.3) is 0 Å². The van der Waals surface area contributed by atoms with Gasteiger partial charge in [0.05, 0.1) is 11.6 Å². The molecule has 1 aliphatic carbocycles. The Hall–Kier alpha value is -0.730. The highest BCUT2D eigenvalue weighted by atomic mass is 35.5. The van der Waals surface area contributed by atoms with Crippen molar-refractivity contribution in [2.24, 2.45) is 5.92 Å². The van der Waals surface area contributed by atoms with E-state index in [9.17, 15) is 0 Å². The van der Waals surface area contributed by atoms with Gasteiger partial charge in [0.2, 0.25) is 0 Å². The van der Waals surface area contributed by atoms with E-state index in [1.807, 2.05) is 12.1 Å². The fourth-order valence-electron chi connectivity index (χ4n) is 2.63. The van der Waals surface area contributed by atoms with Crippen LogP contribution >= 0.6 is 11.6 Å². The lowest BCUT2D eigenvalue weighted by Crippen LogP contribution is -2.16. The smallest absolute Gasteiger partial charge is 0.142 e.